The summed E-state index contributed by atoms with van der Waals surface area (Å²) in [6.45, 7) is 0. The third kappa shape index (κ3) is 3.58. The highest BCUT2D eigenvalue weighted by atomic mass is 32.2. The molecular formula is C24H21NO6S. The van der Waals surface area contributed by atoms with Gasteiger partial charge in [-0.1, -0.05) is 18.2 Å². The molecule has 0 amide bonds. The molecular weight excluding hydrogens is 430 g/mol. The van der Waals surface area contributed by atoms with E-state index in [-0.39, 0.29) is 10.7 Å². The lowest BCUT2D eigenvalue weighted by Crippen LogP contribution is -2.11. The summed E-state index contributed by atoms with van der Waals surface area (Å²) in [5, 5.41) is 0.628. The van der Waals surface area contributed by atoms with E-state index in [0.717, 1.165) is 0 Å². The van der Waals surface area contributed by atoms with E-state index in [2.05, 4.69) is 0 Å². The van der Waals surface area contributed by atoms with Crippen LogP contribution in [0.25, 0.3) is 10.9 Å². The first kappa shape index (κ1) is 21.5. The molecule has 0 N–H and O–H groups in total. The lowest BCUT2D eigenvalue weighted by Gasteiger charge is -2.14. The number of carbonyl (C=O) groups is 1. The molecule has 7 nitrogen and oxygen atoms in total. The molecule has 0 bridgehead atoms. The Morgan fingerprint density at radius 2 is 1.44 bits per heavy atom. The monoisotopic (exact) mass is 451 g/mol. The topological polar surface area (TPSA) is 83.8 Å². The Bertz CT molecular complexity index is 1380. The van der Waals surface area contributed by atoms with Crippen LogP contribution in [0.3, 0.4) is 0 Å². The van der Waals surface area contributed by atoms with Crippen LogP contribution in [0.4, 0.5) is 0 Å². The van der Waals surface area contributed by atoms with Crippen LogP contribution >= 0.6 is 0 Å². The van der Waals surface area contributed by atoms with Gasteiger partial charge in [-0.3, -0.25) is 4.79 Å². The summed E-state index contributed by atoms with van der Waals surface area (Å²) in [5.74, 6) is 0.878. The molecule has 0 aliphatic carbocycles. The SMILES string of the molecule is COc1cc(C(=O)c2ccc3c(ccn3S(=O)(=O)c3ccccc3)c2)cc(OC)c1OC. The first-order valence-corrected chi connectivity index (χ1v) is 11.1. The van der Waals surface area contributed by atoms with E-state index in [1.807, 2.05) is 0 Å². The lowest BCUT2D eigenvalue weighted by atomic mass is 10.0. The zero-order valence-electron chi connectivity index (χ0n) is 17.7. The molecule has 4 aromatic rings. The summed E-state index contributed by atoms with van der Waals surface area (Å²) in [7, 11) is 0.701. The normalized spacial score (nSPS) is 11.3. The van der Waals surface area contributed by atoms with Gasteiger partial charge in [0, 0.05) is 22.7 Å². The molecule has 0 saturated heterocycles. The van der Waals surface area contributed by atoms with Gasteiger partial charge in [0.1, 0.15) is 0 Å². The van der Waals surface area contributed by atoms with E-state index in [1.165, 1.54) is 31.5 Å². The average molecular weight is 452 g/mol. The number of nitrogens with zero attached hydrogens (tertiary/aromatic N) is 1. The number of hydrogen-bond donors (Lipinski definition) is 0. The molecule has 0 radical (unpaired) electrons. The Morgan fingerprint density at radius 3 is 2.03 bits per heavy atom. The maximum Gasteiger partial charge on any atom is 0.268 e. The predicted molar refractivity (Wildman–Crippen MR) is 120 cm³/mol. The van der Waals surface area contributed by atoms with Crippen LogP contribution < -0.4 is 14.2 Å². The van der Waals surface area contributed by atoms with Crippen LogP contribution in [-0.2, 0) is 10.0 Å². The van der Waals surface area contributed by atoms with Crippen LogP contribution in [0, 0.1) is 0 Å². The van der Waals surface area contributed by atoms with Gasteiger partial charge in [-0.15, -0.1) is 0 Å². The molecule has 4 rings (SSSR count). The Hall–Kier alpha value is -3.78. The van der Waals surface area contributed by atoms with E-state index < -0.39 is 10.0 Å². The van der Waals surface area contributed by atoms with E-state index in [0.29, 0.717) is 39.3 Å². The van der Waals surface area contributed by atoms with E-state index in [1.54, 1.807) is 66.7 Å². The highest BCUT2D eigenvalue weighted by molar-refractivity contribution is 7.90. The van der Waals surface area contributed by atoms with Crippen molar-refractivity contribution in [1.82, 2.24) is 3.97 Å². The van der Waals surface area contributed by atoms with Crippen molar-refractivity contribution in [3.8, 4) is 17.2 Å². The quantitative estimate of drug-likeness (QED) is 0.393. The summed E-state index contributed by atoms with van der Waals surface area (Å²) < 4.78 is 43.2. The minimum Gasteiger partial charge on any atom is -0.493 e. The second-order valence-corrected chi connectivity index (χ2v) is 8.76. The summed E-state index contributed by atoms with van der Waals surface area (Å²) in [6.07, 6.45) is 1.49. The van der Waals surface area contributed by atoms with Crippen molar-refractivity contribution in [2.24, 2.45) is 0 Å². The highest BCUT2D eigenvalue weighted by Gasteiger charge is 2.21. The molecule has 0 unspecified atom stereocenters. The molecule has 32 heavy (non-hydrogen) atoms. The number of hydrogen-bond acceptors (Lipinski definition) is 6. The molecule has 3 aromatic carbocycles. The first-order valence-electron chi connectivity index (χ1n) is 9.67. The van der Waals surface area contributed by atoms with Gasteiger partial charge in [0.2, 0.25) is 5.75 Å². The maximum atomic E-state index is 13.2. The standard InChI is InChI=1S/C24H21NO6S/c1-29-21-14-18(15-22(30-2)24(21)31-3)23(26)17-9-10-20-16(13-17)11-12-25(20)32(27,28)19-7-5-4-6-8-19/h4-15H,1-3H3. The van der Waals surface area contributed by atoms with Gasteiger partial charge < -0.3 is 14.2 Å². The number of fused-ring (bicyclic) bond motifs is 1. The van der Waals surface area contributed by atoms with Crippen LogP contribution in [-0.4, -0.2) is 39.5 Å². The number of carbonyl (C=O) groups excluding carboxylic acids is 1. The minimum absolute atomic E-state index is 0.190. The second-order valence-electron chi connectivity index (χ2n) is 6.95. The van der Waals surface area contributed by atoms with Crippen LogP contribution in [0.1, 0.15) is 15.9 Å². The third-order valence-electron chi connectivity index (χ3n) is 5.14. The number of methoxy groups -OCH3 is 3. The van der Waals surface area contributed by atoms with E-state index in [9.17, 15) is 13.2 Å². The van der Waals surface area contributed by atoms with Crippen molar-refractivity contribution >= 4 is 26.7 Å². The van der Waals surface area contributed by atoms with Crippen molar-refractivity contribution in [3.63, 3.8) is 0 Å². The summed E-state index contributed by atoms with van der Waals surface area (Å²) in [4.78, 5) is 13.4. The molecule has 0 saturated carbocycles. The van der Waals surface area contributed by atoms with Crippen LogP contribution in [0.2, 0.25) is 0 Å². The number of ether oxygens (including phenoxy) is 3. The zero-order valence-corrected chi connectivity index (χ0v) is 18.5. The predicted octanol–water partition coefficient (Wildman–Crippen LogP) is 4.14. The smallest absolute Gasteiger partial charge is 0.268 e. The van der Waals surface area contributed by atoms with Crippen LogP contribution in [0.15, 0.2) is 77.8 Å². The molecule has 0 atom stereocenters. The molecule has 8 heteroatoms. The maximum absolute atomic E-state index is 13.2. The molecule has 0 spiro atoms. The summed E-state index contributed by atoms with van der Waals surface area (Å²) in [6, 6.07) is 17.9. The fraction of sp³-hybridized carbons (Fsp3) is 0.125. The number of benzene rings is 3. The van der Waals surface area contributed by atoms with Crippen molar-refractivity contribution < 1.29 is 27.4 Å². The molecule has 0 aliphatic rings. The third-order valence-corrected chi connectivity index (χ3v) is 6.85. The Labute approximate surface area is 185 Å². The minimum atomic E-state index is -3.75. The molecule has 0 aliphatic heterocycles. The lowest BCUT2D eigenvalue weighted by molar-refractivity contribution is 0.103. The van der Waals surface area contributed by atoms with Crippen LogP contribution in [0.5, 0.6) is 17.2 Å². The Balaban J connectivity index is 1.76. The molecule has 0 fully saturated rings. The summed E-state index contributed by atoms with van der Waals surface area (Å²) in [5.41, 5.74) is 1.24. The molecule has 1 heterocycles. The largest absolute Gasteiger partial charge is 0.493 e. The van der Waals surface area contributed by atoms with Crippen molar-refractivity contribution in [3.05, 3.63) is 84.1 Å². The van der Waals surface area contributed by atoms with Gasteiger partial charge in [-0.05, 0) is 48.5 Å². The number of ketones is 1. The Morgan fingerprint density at radius 1 is 0.781 bits per heavy atom. The van der Waals surface area contributed by atoms with E-state index >= 15 is 0 Å². The zero-order chi connectivity index (χ0) is 22.9. The van der Waals surface area contributed by atoms with Gasteiger partial charge in [-0.2, -0.15) is 0 Å². The fourth-order valence-corrected chi connectivity index (χ4v) is 4.93. The number of aromatic nitrogens is 1. The second kappa shape index (κ2) is 8.39. The van der Waals surface area contributed by atoms with Crippen molar-refractivity contribution in [1.29, 1.82) is 0 Å². The van der Waals surface area contributed by atoms with Gasteiger partial charge >= 0.3 is 0 Å². The molecule has 1 aromatic heterocycles. The first-order chi connectivity index (χ1) is 15.4. The highest BCUT2D eigenvalue weighted by Crippen LogP contribution is 2.38. The van der Waals surface area contributed by atoms with Gasteiger partial charge in [-0.25, -0.2) is 12.4 Å². The van der Waals surface area contributed by atoms with Gasteiger partial charge in [0.25, 0.3) is 10.0 Å². The molecule has 164 valence electrons. The van der Waals surface area contributed by atoms with Crippen molar-refractivity contribution in [2.45, 2.75) is 4.90 Å². The summed E-state index contributed by atoms with van der Waals surface area (Å²) >= 11 is 0. The Kier molecular flexibility index (Phi) is 5.63. The van der Waals surface area contributed by atoms with Gasteiger partial charge in [0.15, 0.2) is 17.3 Å². The van der Waals surface area contributed by atoms with Gasteiger partial charge in [0.05, 0.1) is 31.7 Å². The average Bonchev–Trinajstić information content (AvgIpc) is 3.27. The number of rotatable bonds is 7. The van der Waals surface area contributed by atoms with Crippen molar-refractivity contribution in [2.75, 3.05) is 21.3 Å². The van der Waals surface area contributed by atoms with E-state index in [4.69, 9.17) is 14.2 Å². The fourth-order valence-electron chi connectivity index (χ4n) is 3.55.